The van der Waals surface area contributed by atoms with Gasteiger partial charge in [0.15, 0.2) is 0 Å². The van der Waals surface area contributed by atoms with E-state index in [9.17, 15) is 9.59 Å². The van der Waals surface area contributed by atoms with Gasteiger partial charge in [0.05, 0.1) is 5.41 Å². The fourth-order valence-corrected chi connectivity index (χ4v) is 3.10. The Balaban J connectivity index is 2.64. The summed E-state index contributed by atoms with van der Waals surface area (Å²) in [6, 6.07) is 0.191. The summed E-state index contributed by atoms with van der Waals surface area (Å²) in [7, 11) is 0. The summed E-state index contributed by atoms with van der Waals surface area (Å²) in [6.45, 7) is 9.80. The molecule has 0 heterocycles. The van der Waals surface area contributed by atoms with Crippen LogP contribution in [0.25, 0.3) is 0 Å². The maximum absolute atomic E-state index is 12.1. The molecule has 0 radical (unpaired) electrons. The highest BCUT2D eigenvalue weighted by Gasteiger charge is 2.34. The summed E-state index contributed by atoms with van der Waals surface area (Å²) in [5.41, 5.74) is -1.00. The lowest BCUT2D eigenvalue weighted by Gasteiger charge is -2.38. The van der Waals surface area contributed by atoms with Crippen molar-refractivity contribution in [2.75, 3.05) is 0 Å². The highest BCUT2D eigenvalue weighted by molar-refractivity contribution is 5.84. The molecule has 2 N–H and O–H groups in total. The molecule has 3 unspecified atom stereocenters. The monoisotopic (exact) mass is 283 g/mol. The number of carboxylic acids is 1. The standard InChI is InChI=1S/C16H29NO3/c1-10(2)12-7-6-11(3)8-13(12)17-14(18)9-16(4,5)15(19)20/h10-13H,6-9H2,1-5H3,(H,17,18)(H,19,20). The van der Waals surface area contributed by atoms with Crippen LogP contribution < -0.4 is 5.32 Å². The van der Waals surface area contributed by atoms with Crippen molar-refractivity contribution in [1.29, 1.82) is 0 Å². The summed E-state index contributed by atoms with van der Waals surface area (Å²) >= 11 is 0. The van der Waals surface area contributed by atoms with Crippen molar-refractivity contribution in [2.24, 2.45) is 23.2 Å². The lowest BCUT2D eigenvalue weighted by atomic mass is 9.74. The molecule has 4 nitrogen and oxygen atoms in total. The predicted octanol–water partition coefficient (Wildman–Crippen LogP) is 3.06. The van der Waals surface area contributed by atoms with Gasteiger partial charge in [-0.1, -0.05) is 27.2 Å². The van der Waals surface area contributed by atoms with Gasteiger partial charge >= 0.3 is 5.97 Å². The fourth-order valence-electron chi connectivity index (χ4n) is 3.10. The molecule has 1 rings (SSSR count). The Bertz CT molecular complexity index is 363. The molecule has 0 spiro atoms. The van der Waals surface area contributed by atoms with E-state index in [1.54, 1.807) is 13.8 Å². The minimum Gasteiger partial charge on any atom is -0.481 e. The van der Waals surface area contributed by atoms with Crippen molar-refractivity contribution in [3.8, 4) is 0 Å². The van der Waals surface area contributed by atoms with Gasteiger partial charge in [-0.25, -0.2) is 0 Å². The van der Waals surface area contributed by atoms with Crippen LogP contribution in [0.15, 0.2) is 0 Å². The molecule has 1 amide bonds. The van der Waals surface area contributed by atoms with E-state index in [1.165, 1.54) is 6.42 Å². The highest BCUT2D eigenvalue weighted by Crippen LogP contribution is 2.33. The van der Waals surface area contributed by atoms with Crippen molar-refractivity contribution in [2.45, 2.75) is 66.3 Å². The average molecular weight is 283 g/mol. The smallest absolute Gasteiger partial charge is 0.309 e. The van der Waals surface area contributed by atoms with Gasteiger partial charge in [-0.05, 0) is 44.4 Å². The van der Waals surface area contributed by atoms with Gasteiger partial charge in [0.25, 0.3) is 0 Å². The fraction of sp³-hybridized carbons (Fsp3) is 0.875. The maximum atomic E-state index is 12.1. The van der Waals surface area contributed by atoms with Crippen LogP contribution in [-0.4, -0.2) is 23.0 Å². The molecular formula is C16H29NO3. The van der Waals surface area contributed by atoms with E-state index >= 15 is 0 Å². The summed E-state index contributed by atoms with van der Waals surface area (Å²) in [4.78, 5) is 23.2. The number of carboxylic acid groups (broad SMARTS) is 1. The van der Waals surface area contributed by atoms with Gasteiger partial charge in [0.1, 0.15) is 0 Å². The van der Waals surface area contributed by atoms with Crippen LogP contribution in [-0.2, 0) is 9.59 Å². The van der Waals surface area contributed by atoms with Crippen molar-refractivity contribution in [3.63, 3.8) is 0 Å². The molecule has 0 aromatic rings. The number of hydrogen-bond donors (Lipinski definition) is 2. The molecule has 3 atom stereocenters. The van der Waals surface area contributed by atoms with E-state index in [1.807, 2.05) is 0 Å². The average Bonchev–Trinajstić information content (AvgIpc) is 2.27. The van der Waals surface area contributed by atoms with Crippen LogP contribution in [0, 0.1) is 23.2 Å². The largest absolute Gasteiger partial charge is 0.481 e. The van der Waals surface area contributed by atoms with Crippen LogP contribution >= 0.6 is 0 Å². The van der Waals surface area contributed by atoms with E-state index in [0.717, 1.165) is 12.8 Å². The van der Waals surface area contributed by atoms with Crippen molar-refractivity contribution in [3.05, 3.63) is 0 Å². The number of amides is 1. The first-order valence-electron chi connectivity index (χ1n) is 7.66. The molecule has 1 aliphatic carbocycles. The van der Waals surface area contributed by atoms with E-state index in [-0.39, 0.29) is 18.4 Å². The minimum absolute atomic E-state index is 0.0397. The molecule has 0 saturated heterocycles. The third kappa shape index (κ3) is 4.50. The zero-order valence-corrected chi connectivity index (χ0v) is 13.4. The van der Waals surface area contributed by atoms with Crippen LogP contribution in [0.4, 0.5) is 0 Å². The van der Waals surface area contributed by atoms with E-state index in [4.69, 9.17) is 5.11 Å². The zero-order valence-electron chi connectivity index (χ0n) is 13.4. The number of aliphatic carboxylic acids is 1. The van der Waals surface area contributed by atoms with E-state index in [0.29, 0.717) is 17.8 Å². The molecule has 0 aromatic carbocycles. The summed E-state index contributed by atoms with van der Waals surface area (Å²) in [6.07, 6.45) is 3.40. The molecule has 1 aliphatic rings. The van der Waals surface area contributed by atoms with Gasteiger partial charge in [-0.15, -0.1) is 0 Å². The number of rotatable bonds is 5. The van der Waals surface area contributed by atoms with Crippen molar-refractivity contribution >= 4 is 11.9 Å². The quantitative estimate of drug-likeness (QED) is 0.815. The first-order valence-corrected chi connectivity index (χ1v) is 7.66. The SMILES string of the molecule is CC1CCC(C(C)C)C(NC(=O)CC(C)(C)C(=O)O)C1. The lowest BCUT2D eigenvalue weighted by Crippen LogP contribution is -2.47. The highest BCUT2D eigenvalue weighted by atomic mass is 16.4. The van der Waals surface area contributed by atoms with Crippen molar-refractivity contribution < 1.29 is 14.7 Å². The van der Waals surface area contributed by atoms with Gasteiger partial charge < -0.3 is 10.4 Å². The minimum atomic E-state index is -1.00. The first-order chi connectivity index (χ1) is 9.13. The van der Waals surface area contributed by atoms with Gasteiger partial charge in [-0.2, -0.15) is 0 Å². The normalized spacial score (nSPS) is 27.4. The Morgan fingerprint density at radius 2 is 1.90 bits per heavy atom. The van der Waals surface area contributed by atoms with Crippen LogP contribution in [0.1, 0.15) is 60.3 Å². The second kappa shape index (κ2) is 6.59. The Morgan fingerprint density at radius 3 is 2.40 bits per heavy atom. The number of carbonyl (C=O) groups excluding carboxylic acids is 1. The molecule has 0 aliphatic heterocycles. The van der Waals surface area contributed by atoms with E-state index < -0.39 is 11.4 Å². The Kier molecular flexibility index (Phi) is 5.60. The second-order valence-corrected chi connectivity index (χ2v) is 7.37. The first kappa shape index (κ1) is 17.0. The maximum Gasteiger partial charge on any atom is 0.309 e. The summed E-state index contributed by atoms with van der Waals surface area (Å²) in [5.74, 6) is 0.610. The number of hydrogen-bond acceptors (Lipinski definition) is 2. The van der Waals surface area contributed by atoms with Crippen molar-refractivity contribution in [1.82, 2.24) is 5.32 Å². The third-order valence-electron chi connectivity index (χ3n) is 4.55. The van der Waals surface area contributed by atoms with Gasteiger partial charge in [0.2, 0.25) is 5.91 Å². The molecular weight excluding hydrogens is 254 g/mol. The Hall–Kier alpha value is -1.06. The topological polar surface area (TPSA) is 66.4 Å². The molecule has 116 valence electrons. The number of carbonyl (C=O) groups is 2. The van der Waals surface area contributed by atoms with Gasteiger partial charge in [0, 0.05) is 12.5 Å². The Morgan fingerprint density at radius 1 is 1.30 bits per heavy atom. The lowest BCUT2D eigenvalue weighted by molar-refractivity contribution is -0.149. The predicted molar refractivity (Wildman–Crippen MR) is 79.3 cm³/mol. The molecule has 4 heteroatoms. The van der Waals surface area contributed by atoms with Crippen LogP contribution in [0.5, 0.6) is 0 Å². The summed E-state index contributed by atoms with van der Waals surface area (Å²) in [5, 5.41) is 12.2. The molecule has 0 aromatic heterocycles. The molecule has 20 heavy (non-hydrogen) atoms. The number of nitrogens with one attached hydrogen (secondary N) is 1. The molecule has 0 bridgehead atoms. The summed E-state index contributed by atoms with van der Waals surface area (Å²) < 4.78 is 0. The third-order valence-corrected chi connectivity index (χ3v) is 4.55. The van der Waals surface area contributed by atoms with Crippen LogP contribution in [0.3, 0.4) is 0 Å². The van der Waals surface area contributed by atoms with Gasteiger partial charge in [-0.3, -0.25) is 9.59 Å². The molecule has 1 fully saturated rings. The van der Waals surface area contributed by atoms with Crippen LogP contribution in [0.2, 0.25) is 0 Å². The zero-order chi connectivity index (χ0) is 15.5. The van der Waals surface area contributed by atoms with E-state index in [2.05, 4.69) is 26.1 Å². The second-order valence-electron chi connectivity index (χ2n) is 7.37. The molecule has 1 saturated carbocycles. The Labute approximate surface area is 122 Å².